The molecule has 2 aromatic rings. The molecule has 0 aliphatic heterocycles. The Kier molecular flexibility index (Phi) is 6.01. The number of sulfonamides is 1. The van der Waals surface area contributed by atoms with Gasteiger partial charge in [0.2, 0.25) is 10.0 Å². The van der Waals surface area contributed by atoms with Crippen LogP contribution in [0.4, 0.5) is 0 Å². The van der Waals surface area contributed by atoms with Crippen LogP contribution in [0.5, 0.6) is 0 Å². The summed E-state index contributed by atoms with van der Waals surface area (Å²) in [5.74, 6) is -0.251. The Hall–Kier alpha value is -0.740. The molecular formula is C14H14Br2N2O3S2. The topological polar surface area (TPSA) is 66.5 Å². The van der Waals surface area contributed by atoms with Gasteiger partial charge >= 0.3 is 0 Å². The lowest BCUT2D eigenvalue weighted by Gasteiger charge is -2.15. The Morgan fingerprint density at radius 3 is 2.48 bits per heavy atom. The molecule has 0 unspecified atom stereocenters. The van der Waals surface area contributed by atoms with Crippen molar-refractivity contribution in [3.8, 4) is 0 Å². The molecule has 23 heavy (non-hydrogen) atoms. The van der Waals surface area contributed by atoms with Crippen LogP contribution in [-0.4, -0.2) is 32.7 Å². The van der Waals surface area contributed by atoms with Crippen LogP contribution in [-0.2, 0) is 16.6 Å². The number of nitrogens with one attached hydrogen (secondary N) is 1. The normalized spacial score (nSPS) is 11.7. The van der Waals surface area contributed by atoms with Gasteiger partial charge in [-0.25, -0.2) is 12.7 Å². The van der Waals surface area contributed by atoms with Gasteiger partial charge in [-0.3, -0.25) is 4.79 Å². The maximum atomic E-state index is 12.3. The summed E-state index contributed by atoms with van der Waals surface area (Å²) >= 11 is 7.98. The standard InChI is InChI=1S/C14H14Br2N2O3S2/c1-18(2)23(20,21)12-6-4-3-5-9(12)8-17-14(19)11-7-10(15)13(16)22-11/h3-7H,8H2,1-2H3,(H,17,19). The van der Waals surface area contributed by atoms with Gasteiger partial charge in [0, 0.05) is 25.1 Å². The predicted molar refractivity (Wildman–Crippen MR) is 98.2 cm³/mol. The summed E-state index contributed by atoms with van der Waals surface area (Å²) in [6.07, 6.45) is 0. The highest BCUT2D eigenvalue weighted by Gasteiger charge is 2.21. The van der Waals surface area contributed by atoms with Gasteiger partial charge in [-0.1, -0.05) is 18.2 Å². The number of carbonyl (C=O) groups is 1. The van der Waals surface area contributed by atoms with E-state index in [1.165, 1.54) is 31.5 Å². The third-order valence-electron chi connectivity index (χ3n) is 3.04. The Bertz CT molecular complexity index is 813. The van der Waals surface area contributed by atoms with E-state index in [-0.39, 0.29) is 17.3 Å². The van der Waals surface area contributed by atoms with Crippen molar-refractivity contribution in [2.75, 3.05) is 14.1 Å². The quantitative estimate of drug-likeness (QED) is 0.711. The largest absolute Gasteiger partial charge is 0.347 e. The van der Waals surface area contributed by atoms with E-state index in [1.54, 1.807) is 24.3 Å². The molecule has 1 aromatic heterocycles. The zero-order valence-electron chi connectivity index (χ0n) is 12.3. The number of hydrogen-bond donors (Lipinski definition) is 1. The number of halogens is 2. The molecule has 0 aliphatic carbocycles. The molecule has 1 N–H and O–H groups in total. The molecule has 2 rings (SSSR count). The summed E-state index contributed by atoms with van der Waals surface area (Å²) < 4.78 is 27.4. The van der Waals surface area contributed by atoms with E-state index >= 15 is 0 Å². The van der Waals surface area contributed by atoms with E-state index in [1.807, 2.05) is 0 Å². The van der Waals surface area contributed by atoms with Crippen molar-refractivity contribution >= 4 is 59.1 Å². The smallest absolute Gasteiger partial charge is 0.261 e. The van der Waals surface area contributed by atoms with Gasteiger partial charge in [0.05, 0.1) is 13.6 Å². The van der Waals surface area contributed by atoms with Crippen LogP contribution in [0, 0.1) is 0 Å². The molecule has 9 heteroatoms. The first-order chi connectivity index (χ1) is 10.7. The van der Waals surface area contributed by atoms with Crippen molar-refractivity contribution in [2.24, 2.45) is 0 Å². The summed E-state index contributed by atoms with van der Waals surface area (Å²) in [6.45, 7) is 0.134. The lowest BCUT2D eigenvalue weighted by molar-refractivity contribution is 0.0954. The molecule has 5 nitrogen and oxygen atoms in total. The number of rotatable bonds is 5. The average Bonchev–Trinajstić information content (AvgIpc) is 2.84. The van der Waals surface area contributed by atoms with Gasteiger partial charge in [-0.15, -0.1) is 11.3 Å². The van der Waals surface area contributed by atoms with Crippen LogP contribution < -0.4 is 5.32 Å². The van der Waals surface area contributed by atoms with Crippen LogP contribution in [0.25, 0.3) is 0 Å². The summed E-state index contributed by atoms with van der Waals surface area (Å²) in [7, 11) is -0.598. The molecule has 1 aromatic carbocycles. The SMILES string of the molecule is CN(C)S(=O)(=O)c1ccccc1CNC(=O)c1cc(Br)c(Br)s1. The number of thiophene rings is 1. The van der Waals surface area contributed by atoms with E-state index in [2.05, 4.69) is 37.2 Å². The van der Waals surface area contributed by atoms with Crippen molar-refractivity contribution < 1.29 is 13.2 Å². The van der Waals surface area contributed by atoms with Crippen molar-refractivity contribution in [1.82, 2.24) is 9.62 Å². The minimum absolute atomic E-state index is 0.134. The van der Waals surface area contributed by atoms with Crippen molar-refractivity contribution in [1.29, 1.82) is 0 Å². The molecule has 1 heterocycles. The zero-order chi connectivity index (χ0) is 17.2. The third-order valence-corrected chi connectivity index (χ3v) is 8.21. The molecule has 0 saturated carbocycles. The van der Waals surface area contributed by atoms with Crippen LogP contribution in [0.15, 0.2) is 43.5 Å². The second-order valence-corrected chi connectivity index (χ2v) is 10.2. The highest BCUT2D eigenvalue weighted by molar-refractivity contribution is 9.13. The van der Waals surface area contributed by atoms with Crippen LogP contribution in [0.3, 0.4) is 0 Å². The minimum Gasteiger partial charge on any atom is -0.347 e. The number of hydrogen-bond acceptors (Lipinski definition) is 4. The maximum Gasteiger partial charge on any atom is 0.261 e. The predicted octanol–water partition coefficient (Wildman–Crippen LogP) is 3.45. The first kappa shape index (κ1) is 18.6. The second kappa shape index (κ2) is 7.43. The lowest BCUT2D eigenvalue weighted by atomic mass is 10.2. The summed E-state index contributed by atoms with van der Waals surface area (Å²) in [5, 5.41) is 2.75. The zero-order valence-corrected chi connectivity index (χ0v) is 17.1. The molecule has 0 radical (unpaired) electrons. The summed E-state index contributed by atoms with van der Waals surface area (Å²) in [6, 6.07) is 8.35. The van der Waals surface area contributed by atoms with E-state index in [0.29, 0.717) is 10.4 Å². The Morgan fingerprint density at radius 2 is 1.91 bits per heavy atom. The van der Waals surface area contributed by atoms with Crippen LogP contribution in [0.2, 0.25) is 0 Å². The number of benzene rings is 1. The van der Waals surface area contributed by atoms with Crippen LogP contribution in [0.1, 0.15) is 15.2 Å². The maximum absolute atomic E-state index is 12.3. The Balaban J connectivity index is 2.20. The summed E-state index contributed by atoms with van der Waals surface area (Å²) in [5.41, 5.74) is 0.546. The highest BCUT2D eigenvalue weighted by Crippen LogP contribution is 2.32. The minimum atomic E-state index is -3.55. The fourth-order valence-electron chi connectivity index (χ4n) is 1.82. The van der Waals surface area contributed by atoms with E-state index in [0.717, 1.165) is 12.6 Å². The highest BCUT2D eigenvalue weighted by atomic mass is 79.9. The molecule has 1 amide bonds. The second-order valence-electron chi connectivity index (χ2n) is 4.81. The molecule has 0 fully saturated rings. The van der Waals surface area contributed by atoms with E-state index < -0.39 is 10.0 Å². The van der Waals surface area contributed by atoms with Crippen molar-refractivity contribution in [3.05, 3.63) is 49.0 Å². The van der Waals surface area contributed by atoms with Gasteiger partial charge in [-0.05, 0) is 49.6 Å². The summed E-state index contributed by atoms with van der Waals surface area (Å²) in [4.78, 5) is 12.9. The van der Waals surface area contributed by atoms with Gasteiger partial charge in [0.15, 0.2) is 0 Å². The number of nitrogens with zero attached hydrogens (tertiary/aromatic N) is 1. The van der Waals surface area contributed by atoms with E-state index in [9.17, 15) is 13.2 Å². The van der Waals surface area contributed by atoms with Gasteiger partial charge in [0.1, 0.15) is 0 Å². The first-order valence-electron chi connectivity index (χ1n) is 6.47. The molecular weight excluding hydrogens is 468 g/mol. The van der Waals surface area contributed by atoms with Crippen molar-refractivity contribution in [2.45, 2.75) is 11.4 Å². The van der Waals surface area contributed by atoms with Gasteiger partial charge < -0.3 is 5.32 Å². The molecule has 0 aliphatic rings. The average molecular weight is 482 g/mol. The molecule has 124 valence electrons. The number of carbonyl (C=O) groups excluding carboxylic acids is 1. The van der Waals surface area contributed by atoms with Crippen LogP contribution >= 0.6 is 43.2 Å². The molecule has 0 saturated heterocycles. The Morgan fingerprint density at radius 1 is 1.26 bits per heavy atom. The van der Waals surface area contributed by atoms with E-state index in [4.69, 9.17) is 0 Å². The third kappa shape index (κ3) is 4.21. The first-order valence-corrected chi connectivity index (χ1v) is 10.3. The lowest BCUT2D eigenvalue weighted by Crippen LogP contribution is -2.26. The van der Waals surface area contributed by atoms with Gasteiger partial charge in [-0.2, -0.15) is 0 Å². The van der Waals surface area contributed by atoms with Gasteiger partial charge in [0.25, 0.3) is 5.91 Å². The fourth-order valence-corrected chi connectivity index (χ4v) is 4.89. The monoisotopic (exact) mass is 480 g/mol. The number of amides is 1. The molecule has 0 bridgehead atoms. The Labute approximate surface area is 156 Å². The van der Waals surface area contributed by atoms with Crippen molar-refractivity contribution in [3.63, 3.8) is 0 Å². The molecule has 0 atom stereocenters. The molecule has 0 spiro atoms. The fraction of sp³-hybridized carbons (Fsp3) is 0.214.